The Morgan fingerprint density at radius 2 is 1.52 bits per heavy atom. The van der Waals surface area contributed by atoms with Crippen LogP contribution >= 0.6 is 0 Å². The minimum absolute atomic E-state index is 0.409. The van der Waals surface area contributed by atoms with Crippen LogP contribution in [0.25, 0.3) is 0 Å². The second-order valence-electron chi connectivity index (χ2n) is 4.20. The van der Waals surface area contributed by atoms with Crippen molar-refractivity contribution in [2.75, 3.05) is 0 Å². The van der Waals surface area contributed by atoms with Gasteiger partial charge in [-0.2, -0.15) is 17.6 Å². The highest BCUT2D eigenvalue weighted by molar-refractivity contribution is 5.32. The van der Waals surface area contributed by atoms with E-state index in [-0.39, 0.29) is 0 Å². The maximum absolute atomic E-state index is 13.8. The van der Waals surface area contributed by atoms with Crippen LogP contribution in [-0.2, 0) is 5.92 Å². The number of hydrogen-bond donors (Lipinski definition) is 1. The van der Waals surface area contributed by atoms with Gasteiger partial charge < -0.3 is 9.84 Å². The topological polar surface area (TPSA) is 29.5 Å². The summed E-state index contributed by atoms with van der Waals surface area (Å²) in [4.78, 5) is 0. The molecule has 0 saturated heterocycles. The summed E-state index contributed by atoms with van der Waals surface area (Å²) in [6.07, 6.45) is -4.88. The SMILES string of the molecule is Oc1cccc(OC(F)(F)C(F)(F)c2ccc(F)cc2)c1. The predicted octanol–water partition coefficient (Wildman–Crippen LogP) is 4.29. The second kappa shape index (κ2) is 5.23. The van der Waals surface area contributed by atoms with E-state index in [0.29, 0.717) is 24.3 Å². The molecule has 2 nitrogen and oxygen atoms in total. The Morgan fingerprint density at radius 1 is 0.905 bits per heavy atom. The van der Waals surface area contributed by atoms with E-state index in [2.05, 4.69) is 4.74 Å². The fraction of sp³-hybridized carbons (Fsp3) is 0.143. The number of halogens is 5. The molecule has 0 spiro atoms. The van der Waals surface area contributed by atoms with E-state index in [1.807, 2.05) is 0 Å². The summed E-state index contributed by atoms with van der Waals surface area (Å²) >= 11 is 0. The van der Waals surface area contributed by atoms with Crippen LogP contribution in [0.5, 0.6) is 11.5 Å². The molecule has 2 aromatic carbocycles. The van der Waals surface area contributed by atoms with Crippen molar-refractivity contribution in [3.05, 3.63) is 59.9 Å². The van der Waals surface area contributed by atoms with Gasteiger partial charge in [0.15, 0.2) is 0 Å². The molecule has 0 unspecified atom stereocenters. The van der Waals surface area contributed by atoms with Gasteiger partial charge in [0.2, 0.25) is 0 Å². The number of rotatable bonds is 4. The van der Waals surface area contributed by atoms with E-state index in [0.717, 1.165) is 18.2 Å². The summed E-state index contributed by atoms with van der Waals surface area (Å²) in [5.41, 5.74) is -1.09. The third kappa shape index (κ3) is 3.07. The summed E-state index contributed by atoms with van der Waals surface area (Å²) in [5.74, 6) is -6.53. The van der Waals surface area contributed by atoms with Gasteiger partial charge in [0.1, 0.15) is 17.3 Å². The molecule has 0 aliphatic carbocycles. The van der Waals surface area contributed by atoms with E-state index in [4.69, 9.17) is 5.11 Å². The zero-order chi connectivity index (χ0) is 15.7. The van der Waals surface area contributed by atoms with Crippen molar-refractivity contribution in [2.24, 2.45) is 0 Å². The maximum Gasteiger partial charge on any atom is 0.469 e. The van der Waals surface area contributed by atoms with Crippen LogP contribution < -0.4 is 4.74 Å². The molecule has 2 aromatic rings. The van der Waals surface area contributed by atoms with E-state index < -0.39 is 34.9 Å². The van der Waals surface area contributed by atoms with Gasteiger partial charge in [-0.25, -0.2) is 4.39 Å². The highest BCUT2D eigenvalue weighted by atomic mass is 19.3. The lowest BCUT2D eigenvalue weighted by atomic mass is 10.1. The summed E-state index contributed by atoms with van der Waals surface area (Å²) in [7, 11) is 0. The van der Waals surface area contributed by atoms with E-state index in [1.165, 1.54) is 6.07 Å². The first-order chi connectivity index (χ1) is 9.72. The third-order valence-corrected chi connectivity index (χ3v) is 2.64. The summed E-state index contributed by atoms with van der Waals surface area (Å²) in [6, 6.07) is 6.49. The molecule has 0 aliphatic heterocycles. The number of phenols is 1. The molecule has 0 heterocycles. The lowest BCUT2D eigenvalue weighted by molar-refractivity contribution is -0.316. The van der Waals surface area contributed by atoms with Crippen LogP contribution in [0.2, 0.25) is 0 Å². The van der Waals surface area contributed by atoms with Crippen LogP contribution in [0.15, 0.2) is 48.5 Å². The molecule has 0 fully saturated rings. The maximum atomic E-state index is 13.8. The van der Waals surface area contributed by atoms with Crippen molar-refractivity contribution >= 4 is 0 Å². The zero-order valence-electron chi connectivity index (χ0n) is 10.4. The minimum Gasteiger partial charge on any atom is -0.508 e. The first-order valence-corrected chi connectivity index (χ1v) is 5.72. The molecule has 0 amide bonds. The van der Waals surface area contributed by atoms with E-state index in [9.17, 15) is 22.0 Å². The van der Waals surface area contributed by atoms with Crippen LogP contribution in [0, 0.1) is 5.82 Å². The Balaban J connectivity index is 2.30. The Hall–Kier alpha value is -2.31. The van der Waals surface area contributed by atoms with Crippen molar-refractivity contribution in [1.29, 1.82) is 0 Å². The van der Waals surface area contributed by atoms with Crippen LogP contribution in [-0.4, -0.2) is 11.2 Å². The normalized spacial score (nSPS) is 12.2. The summed E-state index contributed by atoms with van der Waals surface area (Å²) in [5, 5.41) is 9.11. The first kappa shape index (κ1) is 15.1. The van der Waals surface area contributed by atoms with Crippen LogP contribution in [0.1, 0.15) is 5.56 Å². The molecule has 21 heavy (non-hydrogen) atoms. The Kier molecular flexibility index (Phi) is 3.76. The van der Waals surface area contributed by atoms with Crippen molar-refractivity contribution in [2.45, 2.75) is 12.0 Å². The van der Waals surface area contributed by atoms with Crippen molar-refractivity contribution < 1.29 is 31.8 Å². The van der Waals surface area contributed by atoms with Crippen molar-refractivity contribution in [3.8, 4) is 11.5 Å². The fourth-order valence-electron chi connectivity index (χ4n) is 1.59. The largest absolute Gasteiger partial charge is 0.508 e. The molecule has 0 bridgehead atoms. The standard InChI is InChI=1S/C14H9F5O2/c15-10-6-4-9(5-7-10)13(16,17)14(18,19)21-12-3-1-2-11(20)8-12/h1-8,20H. The number of alkyl halides is 4. The van der Waals surface area contributed by atoms with Gasteiger partial charge in [0, 0.05) is 11.6 Å². The van der Waals surface area contributed by atoms with Gasteiger partial charge in [-0.05, 0) is 36.4 Å². The second-order valence-corrected chi connectivity index (χ2v) is 4.20. The van der Waals surface area contributed by atoms with E-state index in [1.54, 1.807) is 0 Å². The average Bonchev–Trinajstić information content (AvgIpc) is 2.38. The molecule has 0 aromatic heterocycles. The number of aromatic hydroxyl groups is 1. The van der Waals surface area contributed by atoms with Crippen LogP contribution in [0.4, 0.5) is 22.0 Å². The average molecular weight is 304 g/mol. The zero-order valence-corrected chi connectivity index (χ0v) is 10.4. The molecule has 7 heteroatoms. The van der Waals surface area contributed by atoms with Gasteiger partial charge in [-0.15, -0.1) is 0 Å². The smallest absolute Gasteiger partial charge is 0.469 e. The third-order valence-electron chi connectivity index (χ3n) is 2.64. The van der Waals surface area contributed by atoms with Gasteiger partial charge >= 0.3 is 12.0 Å². The molecular weight excluding hydrogens is 295 g/mol. The van der Waals surface area contributed by atoms with Gasteiger partial charge in [-0.3, -0.25) is 0 Å². The monoisotopic (exact) mass is 304 g/mol. The van der Waals surface area contributed by atoms with Gasteiger partial charge in [0.05, 0.1) is 0 Å². The summed E-state index contributed by atoms with van der Waals surface area (Å²) < 4.78 is 71.6. The molecule has 0 atom stereocenters. The fourth-order valence-corrected chi connectivity index (χ4v) is 1.59. The molecule has 0 saturated carbocycles. The predicted molar refractivity (Wildman–Crippen MR) is 64.0 cm³/mol. The van der Waals surface area contributed by atoms with Gasteiger partial charge in [-0.1, -0.05) is 6.07 Å². The molecule has 2 rings (SSSR count). The summed E-state index contributed by atoms with van der Waals surface area (Å²) in [6.45, 7) is 0. The Labute approximate surface area is 116 Å². The molecule has 0 aliphatic rings. The number of hydrogen-bond acceptors (Lipinski definition) is 2. The highest BCUT2D eigenvalue weighted by Gasteiger charge is 2.60. The van der Waals surface area contributed by atoms with Gasteiger partial charge in [0.25, 0.3) is 0 Å². The number of ether oxygens (including phenoxy) is 1. The van der Waals surface area contributed by atoms with Crippen LogP contribution in [0.3, 0.4) is 0 Å². The molecular formula is C14H9F5O2. The molecule has 1 N–H and O–H groups in total. The van der Waals surface area contributed by atoms with E-state index >= 15 is 0 Å². The number of phenolic OH excluding ortho intramolecular Hbond substituents is 1. The lowest BCUT2D eigenvalue weighted by Gasteiger charge is -2.26. The Morgan fingerprint density at radius 3 is 2.10 bits per heavy atom. The highest BCUT2D eigenvalue weighted by Crippen LogP contribution is 2.44. The minimum atomic E-state index is -4.88. The number of benzene rings is 2. The molecule has 0 radical (unpaired) electrons. The molecule has 112 valence electrons. The first-order valence-electron chi connectivity index (χ1n) is 5.72. The Bertz CT molecular complexity index is 626. The van der Waals surface area contributed by atoms with Crippen molar-refractivity contribution in [1.82, 2.24) is 0 Å². The lowest BCUT2D eigenvalue weighted by Crippen LogP contribution is -2.43. The van der Waals surface area contributed by atoms with Crippen molar-refractivity contribution in [3.63, 3.8) is 0 Å². The quantitative estimate of drug-likeness (QED) is 0.854.